The van der Waals surface area contributed by atoms with Gasteiger partial charge in [0.15, 0.2) is 11.9 Å². The zero-order chi connectivity index (χ0) is 26.1. The molecule has 1 fully saturated rings. The number of piperidine rings is 1. The van der Waals surface area contributed by atoms with E-state index in [2.05, 4.69) is 20.5 Å². The summed E-state index contributed by atoms with van der Waals surface area (Å²) in [5, 5.41) is 11.2. The van der Waals surface area contributed by atoms with Crippen LogP contribution in [0.3, 0.4) is 0 Å². The van der Waals surface area contributed by atoms with Gasteiger partial charge in [-0.05, 0) is 24.1 Å². The lowest BCUT2D eigenvalue weighted by atomic mass is 9.96. The van der Waals surface area contributed by atoms with Crippen LogP contribution in [-0.2, 0) is 11.2 Å². The van der Waals surface area contributed by atoms with E-state index in [4.69, 9.17) is 9.41 Å². The first kappa shape index (κ1) is 23.9. The summed E-state index contributed by atoms with van der Waals surface area (Å²) in [6, 6.07) is 20.7. The van der Waals surface area contributed by atoms with Gasteiger partial charge in [-0.1, -0.05) is 59.7 Å². The van der Waals surface area contributed by atoms with Crippen LogP contribution >= 0.6 is 0 Å². The fourth-order valence-electron chi connectivity index (χ4n) is 4.87. The van der Waals surface area contributed by atoms with E-state index in [1.165, 1.54) is 0 Å². The number of alkyl halides is 2. The van der Waals surface area contributed by atoms with Gasteiger partial charge in [0, 0.05) is 36.7 Å². The molecule has 192 valence electrons. The van der Waals surface area contributed by atoms with E-state index in [1.54, 1.807) is 23.2 Å². The van der Waals surface area contributed by atoms with E-state index >= 15 is 0 Å². The molecule has 0 amide bonds. The van der Waals surface area contributed by atoms with Gasteiger partial charge in [-0.3, -0.25) is 9.79 Å². The number of ketones is 1. The molecule has 2 aromatic heterocycles. The smallest absolute Gasteiger partial charge is 0.317 e. The molecule has 10 heteroatoms. The minimum Gasteiger partial charge on any atom is -0.403 e. The minimum absolute atomic E-state index is 0.000699. The molecule has 0 aliphatic carbocycles. The zero-order valence-electron chi connectivity index (χ0n) is 20.3. The van der Waals surface area contributed by atoms with Gasteiger partial charge < -0.3 is 14.6 Å². The molecular weight excluding hydrogens is 490 g/mol. The number of carbonyl (C=O) groups is 1. The number of anilines is 2. The molecule has 0 radical (unpaired) electrons. The van der Waals surface area contributed by atoms with Crippen molar-refractivity contribution in [3.05, 3.63) is 89.6 Å². The fourth-order valence-corrected chi connectivity index (χ4v) is 4.87. The Hall–Kier alpha value is -4.47. The number of nitrogens with one attached hydrogen (secondary N) is 1. The van der Waals surface area contributed by atoms with Gasteiger partial charge in [-0.25, -0.2) is 13.8 Å². The summed E-state index contributed by atoms with van der Waals surface area (Å²) in [7, 11) is 0. The van der Waals surface area contributed by atoms with Crippen molar-refractivity contribution in [1.82, 2.24) is 15.2 Å². The Morgan fingerprint density at radius 2 is 1.76 bits per heavy atom. The number of carbonyl (C=O) groups excluding carboxylic acids is 1. The number of aromatic nitrogens is 3. The van der Waals surface area contributed by atoms with Gasteiger partial charge in [-0.2, -0.15) is 0 Å². The first-order valence-corrected chi connectivity index (χ1v) is 12.4. The monoisotopic (exact) mass is 514 g/mol. The average molecular weight is 515 g/mol. The van der Waals surface area contributed by atoms with Gasteiger partial charge in [0.2, 0.25) is 0 Å². The minimum atomic E-state index is -2.79. The fraction of sp³-hybridized carbons (Fsp3) is 0.250. The lowest BCUT2D eigenvalue weighted by molar-refractivity contribution is -0.119. The Morgan fingerprint density at radius 1 is 0.974 bits per heavy atom. The van der Waals surface area contributed by atoms with Crippen LogP contribution in [0.5, 0.6) is 0 Å². The van der Waals surface area contributed by atoms with Crippen molar-refractivity contribution >= 4 is 23.3 Å². The Kier molecular flexibility index (Phi) is 6.15. The number of nitrogens with zero attached hydrogens (tertiary/aromatic N) is 5. The normalized spacial score (nSPS) is 18.9. The molecule has 4 heterocycles. The highest BCUT2D eigenvalue weighted by atomic mass is 19.3. The van der Waals surface area contributed by atoms with Crippen LogP contribution in [0, 0.1) is 0 Å². The number of rotatable bonds is 5. The third-order valence-electron chi connectivity index (χ3n) is 6.64. The number of hydrogen-bond acceptors (Lipinski definition) is 8. The molecule has 1 N–H and O–H groups in total. The number of aliphatic imine (C=N–C) groups is 1. The maximum atomic E-state index is 14.1. The molecule has 0 spiro atoms. The van der Waals surface area contributed by atoms with Crippen molar-refractivity contribution in [2.45, 2.75) is 31.4 Å². The molecule has 1 saturated heterocycles. The third-order valence-corrected chi connectivity index (χ3v) is 6.64. The van der Waals surface area contributed by atoms with Crippen molar-refractivity contribution in [2.75, 3.05) is 23.3 Å². The maximum Gasteiger partial charge on any atom is 0.317 e. The van der Waals surface area contributed by atoms with Crippen molar-refractivity contribution in [1.29, 1.82) is 0 Å². The molecule has 38 heavy (non-hydrogen) atoms. The van der Waals surface area contributed by atoms with Crippen molar-refractivity contribution < 1.29 is 18.0 Å². The Bertz CT molecular complexity index is 1500. The van der Waals surface area contributed by atoms with Crippen LogP contribution in [0.15, 0.2) is 82.3 Å². The summed E-state index contributed by atoms with van der Waals surface area (Å²) in [6.07, 6.45) is 0.978. The van der Waals surface area contributed by atoms with E-state index in [-0.39, 0.29) is 30.5 Å². The van der Waals surface area contributed by atoms with Crippen LogP contribution in [0.4, 0.5) is 20.6 Å². The predicted octanol–water partition coefficient (Wildman–Crippen LogP) is 4.77. The van der Waals surface area contributed by atoms with Crippen molar-refractivity contribution in [3.8, 4) is 11.5 Å². The van der Waals surface area contributed by atoms with Gasteiger partial charge >= 0.3 is 6.01 Å². The van der Waals surface area contributed by atoms with E-state index in [9.17, 15) is 13.6 Å². The summed E-state index contributed by atoms with van der Waals surface area (Å²) < 4.78 is 34.0. The van der Waals surface area contributed by atoms with Crippen LogP contribution in [-0.4, -0.2) is 51.9 Å². The zero-order valence-corrected chi connectivity index (χ0v) is 20.3. The molecule has 6 rings (SSSR count). The number of pyridine rings is 1. The highest BCUT2D eigenvalue weighted by molar-refractivity contribution is 6.16. The molecule has 4 aromatic rings. The summed E-state index contributed by atoms with van der Waals surface area (Å²) in [5.74, 6) is -2.48. The Balaban J connectivity index is 1.31. The molecule has 2 aliphatic rings. The first-order valence-electron chi connectivity index (χ1n) is 12.4. The van der Waals surface area contributed by atoms with Crippen LogP contribution < -0.4 is 10.2 Å². The quantitative estimate of drug-likeness (QED) is 0.410. The second kappa shape index (κ2) is 9.77. The van der Waals surface area contributed by atoms with Gasteiger partial charge in [0.05, 0.1) is 17.8 Å². The predicted molar refractivity (Wildman–Crippen MR) is 139 cm³/mol. The standard InChI is InChI=1S/C28H24F2N6O2/c29-28(30)13-7-15-36(17-28)25-21(12-6-14-31-25)26-34-35-27(38-26)33-24-22(37)16-19-10-4-5-11-20(19)23(32-24)18-8-2-1-3-9-18/h1-6,8-12,14,24H,7,13,15-17H2,(H,33,35). The number of Topliss-reactive ketones (excluding diaryl/α,β-unsaturated/α-hetero) is 1. The molecular formula is C28H24F2N6O2. The first-order chi connectivity index (χ1) is 18.5. The Labute approximate surface area is 217 Å². The lowest BCUT2D eigenvalue weighted by Gasteiger charge is -2.33. The van der Waals surface area contributed by atoms with E-state index < -0.39 is 18.6 Å². The summed E-state index contributed by atoms with van der Waals surface area (Å²) in [4.78, 5) is 23.9. The topological polar surface area (TPSA) is 96.5 Å². The average Bonchev–Trinajstić information content (AvgIpc) is 3.34. The van der Waals surface area contributed by atoms with E-state index in [0.29, 0.717) is 30.1 Å². The summed E-state index contributed by atoms with van der Waals surface area (Å²) in [6.45, 7) is 0.0251. The molecule has 0 saturated carbocycles. The highest BCUT2D eigenvalue weighted by Crippen LogP contribution is 2.34. The summed E-state index contributed by atoms with van der Waals surface area (Å²) >= 11 is 0. The molecule has 1 atom stereocenters. The highest BCUT2D eigenvalue weighted by Gasteiger charge is 2.37. The molecule has 1 unspecified atom stereocenters. The summed E-state index contributed by atoms with van der Waals surface area (Å²) in [5.41, 5.74) is 3.78. The van der Waals surface area contributed by atoms with Gasteiger partial charge in [0.25, 0.3) is 11.8 Å². The maximum absolute atomic E-state index is 14.1. The molecule has 2 aromatic carbocycles. The van der Waals surface area contributed by atoms with Crippen LogP contribution in [0.2, 0.25) is 0 Å². The van der Waals surface area contributed by atoms with E-state index in [1.807, 2.05) is 54.6 Å². The van der Waals surface area contributed by atoms with Crippen LogP contribution in [0.1, 0.15) is 29.5 Å². The molecule has 2 aliphatic heterocycles. The molecule has 0 bridgehead atoms. The van der Waals surface area contributed by atoms with Gasteiger partial charge in [-0.15, -0.1) is 5.10 Å². The second-order valence-electron chi connectivity index (χ2n) is 9.36. The van der Waals surface area contributed by atoms with Crippen molar-refractivity contribution in [3.63, 3.8) is 0 Å². The van der Waals surface area contributed by atoms with Crippen molar-refractivity contribution in [2.24, 2.45) is 4.99 Å². The lowest BCUT2D eigenvalue weighted by Crippen LogP contribution is -2.43. The number of benzene rings is 2. The van der Waals surface area contributed by atoms with Crippen LogP contribution in [0.25, 0.3) is 11.5 Å². The third kappa shape index (κ3) is 4.77. The number of halogens is 2. The SMILES string of the molecule is O=C1Cc2ccccc2C(c2ccccc2)=NC1Nc1nnc(-c2cccnc2N2CCCC(F)(F)C2)o1. The number of hydrogen-bond donors (Lipinski definition) is 1. The second-order valence-corrected chi connectivity index (χ2v) is 9.36. The number of fused-ring (bicyclic) bond motifs is 1. The largest absolute Gasteiger partial charge is 0.403 e. The Morgan fingerprint density at radius 3 is 2.61 bits per heavy atom. The molecule has 8 nitrogen and oxygen atoms in total. The van der Waals surface area contributed by atoms with Gasteiger partial charge in [0.1, 0.15) is 5.82 Å². The van der Waals surface area contributed by atoms with E-state index in [0.717, 1.165) is 16.7 Å².